The van der Waals surface area contributed by atoms with Crippen LogP contribution >= 0.6 is 11.8 Å². The lowest BCUT2D eigenvalue weighted by atomic mass is 10.2. The van der Waals surface area contributed by atoms with Gasteiger partial charge in [-0.1, -0.05) is 23.9 Å². The minimum atomic E-state index is -0.311. The number of halogens is 1. The molecular weight excluding hydrogens is 305 g/mol. The molecule has 1 unspecified atom stereocenters. The molecule has 1 saturated heterocycles. The van der Waals surface area contributed by atoms with Gasteiger partial charge in [-0.05, 0) is 25.0 Å². The average molecular weight is 319 g/mol. The van der Waals surface area contributed by atoms with Crippen molar-refractivity contribution in [3.8, 4) is 11.4 Å². The quantitative estimate of drug-likeness (QED) is 0.811. The predicted octanol–water partition coefficient (Wildman–Crippen LogP) is 2.83. The number of rotatable bonds is 4. The van der Waals surface area contributed by atoms with Crippen molar-refractivity contribution in [2.45, 2.75) is 35.7 Å². The van der Waals surface area contributed by atoms with Crippen molar-refractivity contribution in [2.24, 2.45) is 0 Å². The molecule has 1 aliphatic carbocycles. The van der Waals surface area contributed by atoms with Gasteiger partial charge in [-0.3, -0.25) is 9.36 Å². The zero-order chi connectivity index (χ0) is 15.1. The van der Waals surface area contributed by atoms with Crippen LogP contribution in [-0.4, -0.2) is 32.6 Å². The summed E-state index contributed by atoms with van der Waals surface area (Å²) in [6.07, 6.45) is 2.74. The minimum Gasteiger partial charge on any atom is -0.465 e. The summed E-state index contributed by atoms with van der Waals surface area (Å²) < 4.78 is 21.0. The van der Waals surface area contributed by atoms with E-state index in [1.54, 1.807) is 18.2 Å². The first-order chi connectivity index (χ1) is 10.7. The van der Waals surface area contributed by atoms with E-state index in [0.29, 0.717) is 35.6 Å². The van der Waals surface area contributed by atoms with E-state index in [-0.39, 0.29) is 17.0 Å². The van der Waals surface area contributed by atoms with Gasteiger partial charge in [0.15, 0.2) is 11.0 Å². The Kier molecular flexibility index (Phi) is 3.37. The number of hydrogen-bond donors (Lipinski definition) is 0. The zero-order valence-corrected chi connectivity index (χ0v) is 12.6. The number of ether oxygens (including phenoxy) is 1. The maximum atomic E-state index is 14.1. The molecule has 22 heavy (non-hydrogen) atoms. The first-order valence-corrected chi connectivity index (χ1v) is 8.15. The van der Waals surface area contributed by atoms with Crippen LogP contribution in [0.3, 0.4) is 0 Å². The monoisotopic (exact) mass is 319 g/mol. The number of nitrogens with zero attached hydrogens (tertiary/aromatic N) is 3. The topological polar surface area (TPSA) is 57.0 Å². The first-order valence-electron chi connectivity index (χ1n) is 7.27. The van der Waals surface area contributed by atoms with E-state index >= 15 is 0 Å². The average Bonchev–Trinajstić information content (AvgIpc) is 3.15. The molecule has 2 heterocycles. The maximum Gasteiger partial charge on any atom is 0.319 e. The second-order valence-electron chi connectivity index (χ2n) is 5.45. The van der Waals surface area contributed by atoms with Crippen molar-refractivity contribution < 1.29 is 13.9 Å². The Balaban J connectivity index is 1.72. The molecule has 1 aliphatic heterocycles. The Bertz CT molecular complexity index is 729. The van der Waals surface area contributed by atoms with Crippen LogP contribution in [0.15, 0.2) is 29.4 Å². The van der Waals surface area contributed by atoms with Gasteiger partial charge in [0.05, 0.1) is 12.2 Å². The number of benzene rings is 1. The molecule has 1 aromatic carbocycles. The minimum absolute atomic E-state index is 0.206. The lowest BCUT2D eigenvalue weighted by Gasteiger charge is -2.10. The number of carbonyl (C=O) groups excluding carboxylic acids is 1. The zero-order valence-electron chi connectivity index (χ0n) is 11.7. The smallest absolute Gasteiger partial charge is 0.319 e. The summed E-state index contributed by atoms with van der Waals surface area (Å²) in [6.45, 7) is 0.453. The van der Waals surface area contributed by atoms with Gasteiger partial charge in [-0.25, -0.2) is 4.39 Å². The summed E-state index contributed by atoms with van der Waals surface area (Å²) >= 11 is 1.37. The Morgan fingerprint density at radius 2 is 2.05 bits per heavy atom. The predicted molar refractivity (Wildman–Crippen MR) is 78.9 cm³/mol. The molecule has 0 amide bonds. The van der Waals surface area contributed by atoms with E-state index in [1.165, 1.54) is 17.8 Å². The highest BCUT2D eigenvalue weighted by Crippen LogP contribution is 2.42. The lowest BCUT2D eigenvalue weighted by Crippen LogP contribution is -2.11. The summed E-state index contributed by atoms with van der Waals surface area (Å²) in [6, 6.07) is 6.86. The third-order valence-corrected chi connectivity index (χ3v) is 5.03. The number of thioether (sulfide) groups is 1. The van der Waals surface area contributed by atoms with Crippen molar-refractivity contribution >= 4 is 17.7 Å². The summed E-state index contributed by atoms with van der Waals surface area (Å²) in [7, 11) is 0. The molecule has 0 radical (unpaired) electrons. The largest absolute Gasteiger partial charge is 0.465 e. The first kappa shape index (κ1) is 13.8. The molecule has 2 aliphatic rings. The molecule has 0 spiro atoms. The van der Waals surface area contributed by atoms with Crippen LogP contribution in [-0.2, 0) is 9.53 Å². The molecule has 4 rings (SSSR count). The number of hydrogen-bond acceptors (Lipinski definition) is 5. The molecule has 114 valence electrons. The van der Waals surface area contributed by atoms with Crippen LogP contribution in [0, 0.1) is 5.82 Å². The van der Waals surface area contributed by atoms with Gasteiger partial charge in [0.2, 0.25) is 0 Å². The van der Waals surface area contributed by atoms with Crippen molar-refractivity contribution in [1.29, 1.82) is 0 Å². The van der Waals surface area contributed by atoms with Crippen molar-refractivity contribution in [3.05, 3.63) is 30.1 Å². The Morgan fingerprint density at radius 3 is 2.73 bits per heavy atom. The van der Waals surface area contributed by atoms with Crippen molar-refractivity contribution in [2.75, 3.05) is 6.61 Å². The van der Waals surface area contributed by atoms with E-state index in [2.05, 4.69) is 10.2 Å². The SMILES string of the molecule is O=C1OCCC1Sc1nnc(-c2ccccc2F)n1C1CC1. The Morgan fingerprint density at radius 1 is 1.23 bits per heavy atom. The van der Waals surface area contributed by atoms with Crippen LogP contribution < -0.4 is 0 Å². The van der Waals surface area contributed by atoms with Crippen molar-refractivity contribution in [1.82, 2.24) is 14.8 Å². The van der Waals surface area contributed by atoms with Gasteiger partial charge in [-0.15, -0.1) is 10.2 Å². The van der Waals surface area contributed by atoms with Gasteiger partial charge < -0.3 is 4.74 Å². The fraction of sp³-hybridized carbons (Fsp3) is 0.400. The summed E-state index contributed by atoms with van der Waals surface area (Å²) in [5.41, 5.74) is 0.447. The van der Waals surface area contributed by atoms with Crippen molar-refractivity contribution in [3.63, 3.8) is 0 Å². The third-order valence-electron chi connectivity index (χ3n) is 3.83. The molecule has 0 N–H and O–H groups in total. The molecule has 1 saturated carbocycles. The third kappa shape index (κ3) is 2.39. The summed E-state index contributed by atoms with van der Waals surface area (Å²) in [4.78, 5) is 11.6. The summed E-state index contributed by atoms with van der Waals surface area (Å²) in [5, 5.41) is 8.80. The van der Waals surface area contributed by atoms with E-state index in [0.717, 1.165) is 12.8 Å². The Labute approximate surface area is 130 Å². The van der Waals surface area contributed by atoms with E-state index in [9.17, 15) is 9.18 Å². The van der Waals surface area contributed by atoms with Gasteiger partial charge in [-0.2, -0.15) is 0 Å². The second-order valence-corrected chi connectivity index (χ2v) is 6.62. The summed E-state index contributed by atoms with van der Waals surface area (Å²) in [5.74, 6) is 0.0193. The van der Waals surface area contributed by atoms with E-state index < -0.39 is 0 Å². The molecule has 1 atom stereocenters. The molecule has 5 nitrogen and oxygen atoms in total. The normalized spacial score (nSPS) is 21.1. The standard InChI is InChI=1S/C15H14FN3O2S/c16-11-4-2-1-3-10(11)13-17-18-15(19(13)9-5-6-9)22-12-7-8-21-14(12)20/h1-4,9,12H,5-8H2. The fourth-order valence-electron chi connectivity index (χ4n) is 2.56. The molecule has 0 bridgehead atoms. The number of cyclic esters (lactones) is 1. The van der Waals surface area contributed by atoms with Gasteiger partial charge >= 0.3 is 5.97 Å². The molecular formula is C15H14FN3O2S. The maximum absolute atomic E-state index is 14.1. The van der Waals surface area contributed by atoms with Crippen LogP contribution in [0.2, 0.25) is 0 Å². The molecule has 7 heteroatoms. The fourth-order valence-corrected chi connectivity index (χ4v) is 3.63. The van der Waals surface area contributed by atoms with Crippen LogP contribution in [0.1, 0.15) is 25.3 Å². The van der Waals surface area contributed by atoms with E-state index in [1.807, 2.05) is 4.57 Å². The van der Waals surface area contributed by atoms with Crippen LogP contribution in [0.4, 0.5) is 4.39 Å². The highest BCUT2D eigenvalue weighted by atomic mass is 32.2. The van der Waals surface area contributed by atoms with Crippen LogP contribution in [0.5, 0.6) is 0 Å². The number of aromatic nitrogens is 3. The second kappa shape index (κ2) is 5.39. The highest BCUT2D eigenvalue weighted by molar-refractivity contribution is 8.00. The molecule has 2 fully saturated rings. The molecule has 2 aromatic rings. The number of carbonyl (C=O) groups is 1. The lowest BCUT2D eigenvalue weighted by molar-refractivity contribution is -0.137. The van der Waals surface area contributed by atoms with Gasteiger partial charge in [0.25, 0.3) is 0 Å². The van der Waals surface area contributed by atoms with E-state index in [4.69, 9.17) is 4.74 Å². The Hall–Kier alpha value is -1.89. The van der Waals surface area contributed by atoms with Gasteiger partial charge in [0.1, 0.15) is 11.1 Å². The highest BCUT2D eigenvalue weighted by Gasteiger charge is 2.34. The van der Waals surface area contributed by atoms with Gasteiger partial charge in [0, 0.05) is 12.5 Å². The number of esters is 1. The molecule has 1 aromatic heterocycles. The van der Waals surface area contributed by atoms with Crippen LogP contribution in [0.25, 0.3) is 11.4 Å².